The van der Waals surface area contributed by atoms with E-state index in [9.17, 15) is 33.9 Å². The number of aliphatic carboxylic acids is 1. The van der Waals surface area contributed by atoms with Crippen molar-refractivity contribution < 1.29 is 43.3 Å². The fourth-order valence-corrected chi connectivity index (χ4v) is 5.94. The van der Waals surface area contributed by atoms with Crippen LogP contribution in [0.15, 0.2) is 42.0 Å². The van der Waals surface area contributed by atoms with Crippen molar-refractivity contribution in [1.82, 2.24) is 20.4 Å². The SMILES string of the molecule is C/C(=C\[C@H](C(C)C)N(C)C(=O)[C@@H](NC(=O)[C@@H](N(C)C(=O)OC(C)(C)C)C(C)(C)c1ccccc1)C(C)(C)C)C(=O)N[C@@H](CCC(=O)OC(C)(C)C)C(=O)O. The number of carboxylic acids is 1. The van der Waals surface area contributed by atoms with Crippen LogP contribution < -0.4 is 10.6 Å². The maximum atomic E-state index is 14.5. The number of nitrogens with zero attached hydrogens (tertiary/aromatic N) is 2. The van der Waals surface area contributed by atoms with Crippen LogP contribution in [0, 0.1) is 11.3 Å². The Hall–Kier alpha value is -4.42. The summed E-state index contributed by atoms with van der Waals surface area (Å²) in [5, 5.41) is 15.2. The quantitative estimate of drug-likeness (QED) is 0.147. The molecular weight excluding hydrogens is 692 g/mol. The molecule has 0 aliphatic carbocycles. The lowest BCUT2D eigenvalue weighted by Crippen LogP contribution is -2.63. The molecule has 13 nitrogen and oxygen atoms in total. The molecule has 0 aliphatic heterocycles. The van der Waals surface area contributed by atoms with Gasteiger partial charge in [0.05, 0.1) is 6.04 Å². The number of carbonyl (C=O) groups excluding carboxylic acids is 5. The van der Waals surface area contributed by atoms with E-state index in [2.05, 4.69) is 10.6 Å². The van der Waals surface area contributed by atoms with Gasteiger partial charge in [0.25, 0.3) is 0 Å². The second kappa shape index (κ2) is 18.8. The Morgan fingerprint density at radius 3 is 1.76 bits per heavy atom. The Morgan fingerprint density at radius 1 is 0.796 bits per heavy atom. The number of likely N-dealkylation sites (N-methyl/N-ethyl adjacent to an activating group) is 2. The van der Waals surface area contributed by atoms with Gasteiger partial charge in [-0.3, -0.25) is 24.1 Å². The first-order valence-corrected chi connectivity index (χ1v) is 18.4. The van der Waals surface area contributed by atoms with Gasteiger partial charge in [0.15, 0.2) is 0 Å². The summed E-state index contributed by atoms with van der Waals surface area (Å²) < 4.78 is 10.9. The predicted octanol–water partition coefficient (Wildman–Crippen LogP) is 5.85. The van der Waals surface area contributed by atoms with Crippen molar-refractivity contribution in [2.45, 2.75) is 151 Å². The molecule has 0 heterocycles. The molecule has 304 valence electrons. The van der Waals surface area contributed by atoms with Crippen molar-refractivity contribution in [2.75, 3.05) is 14.1 Å². The highest BCUT2D eigenvalue weighted by Crippen LogP contribution is 2.32. The number of nitrogens with one attached hydrogen (secondary N) is 2. The summed E-state index contributed by atoms with van der Waals surface area (Å²) in [5.41, 5.74) is -2.32. The first kappa shape index (κ1) is 47.6. The van der Waals surface area contributed by atoms with E-state index in [1.165, 1.54) is 23.8 Å². The molecule has 4 atom stereocenters. The summed E-state index contributed by atoms with van der Waals surface area (Å²) in [6.07, 6.45) is 0.508. The summed E-state index contributed by atoms with van der Waals surface area (Å²) in [7, 11) is 3.08. The highest BCUT2D eigenvalue weighted by atomic mass is 16.6. The van der Waals surface area contributed by atoms with Gasteiger partial charge in [-0.15, -0.1) is 0 Å². The van der Waals surface area contributed by atoms with E-state index >= 15 is 0 Å². The second-order valence-electron chi connectivity index (χ2n) is 17.9. The molecule has 1 rings (SSSR count). The molecule has 0 aromatic heterocycles. The van der Waals surface area contributed by atoms with E-state index in [1.54, 1.807) is 54.7 Å². The lowest BCUT2D eigenvalue weighted by molar-refractivity contribution is -0.155. The molecular formula is C41H66N4O9. The molecule has 0 saturated carbocycles. The molecule has 0 aliphatic rings. The smallest absolute Gasteiger partial charge is 0.410 e. The highest BCUT2D eigenvalue weighted by molar-refractivity contribution is 5.96. The molecule has 13 heteroatoms. The highest BCUT2D eigenvalue weighted by Gasteiger charge is 2.46. The largest absolute Gasteiger partial charge is 0.480 e. The fourth-order valence-electron chi connectivity index (χ4n) is 5.94. The topological polar surface area (TPSA) is 172 Å². The molecule has 4 amide bonds. The summed E-state index contributed by atoms with van der Waals surface area (Å²) in [5.74, 6) is -3.75. The maximum absolute atomic E-state index is 14.5. The number of hydrogen-bond acceptors (Lipinski definition) is 8. The third kappa shape index (κ3) is 14.4. The Bertz CT molecular complexity index is 1520. The first-order chi connectivity index (χ1) is 24.4. The van der Waals surface area contributed by atoms with E-state index < -0.39 is 82.0 Å². The molecule has 0 bridgehead atoms. The molecule has 54 heavy (non-hydrogen) atoms. The van der Waals surface area contributed by atoms with Crippen molar-refractivity contribution in [3.63, 3.8) is 0 Å². The summed E-state index contributed by atoms with van der Waals surface area (Å²) in [6, 6.07) is 5.16. The van der Waals surface area contributed by atoms with Gasteiger partial charge in [-0.1, -0.05) is 84.9 Å². The Kier molecular flexibility index (Phi) is 16.5. The van der Waals surface area contributed by atoms with Crippen molar-refractivity contribution in [1.29, 1.82) is 0 Å². The minimum absolute atomic E-state index is 0.164. The van der Waals surface area contributed by atoms with Crippen molar-refractivity contribution in [2.24, 2.45) is 11.3 Å². The third-order valence-electron chi connectivity index (χ3n) is 8.84. The Balaban J connectivity index is 3.47. The van der Waals surface area contributed by atoms with E-state index in [0.29, 0.717) is 0 Å². The van der Waals surface area contributed by atoms with Crippen molar-refractivity contribution >= 4 is 35.8 Å². The van der Waals surface area contributed by atoms with Crippen LogP contribution in [-0.4, -0.2) is 100 Å². The lowest BCUT2D eigenvalue weighted by Gasteiger charge is -2.42. The minimum atomic E-state index is -1.35. The number of benzene rings is 1. The molecule has 0 spiro atoms. The van der Waals surface area contributed by atoms with Crippen LogP contribution in [0.5, 0.6) is 0 Å². The monoisotopic (exact) mass is 758 g/mol. The summed E-state index contributed by atoms with van der Waals surface area (Å²) in [4.78, 5) is 82.5. The normalized spacial score (nSPS) is 14.9. The number of rotatable bonds is 15. The molecule has 0 fully saturated rings. The lowest BCUT2D eigenvalue weighted by atomic mass is 9.76. The van der Waals surface area contributed by atoms with Crippen molar-refractivity contribution in [3.8, 4) is 0 Å². The van der Waals surface area contributed by atoms with Crippen LogP contribution in [0.1, 0.15) is 115 Å². The van der Waals surface area contributed by atoms with Crippen LogP contribution >= 0.6 is 0 Å². The van der Waals surface area contributed by atoms with E-state index in [-0.39, 0.29) is 24.3 Å². The van der Waals surface area contributed by atoms with E-state index in [1.807, 2.05) is 78.8 Å². The molecule has 1 aromatic rings. The zero-order chi connectivity index (χ0) is 42.1. The minimum Gasteiger partial charge on any atom is -0.480 e. The average molecular weight is 759 g/mol. The van der Waals surface area contributed by atoms with Crippen LogP contribution in [0.2, 0.25) is 0 Å². The van der Waals surface area contributed by atoms with Gasteiger partial charge in [0.1, 0.15) is 29.3 Å². The summed E-state index contributed by atoms with van der Waals surface area (Å²) in [6.45, 7) is 24.8. The van der Waals surface area contributed by atoms with Crippen LogP contribution in [-0.2, 0) is 38.9 Å². The van der Waals surface area contributed by atoms with Gasteiger partial charge in [-0.05, 0) is 71.8 Å². The van der Waals surface area contributed by atoms with E-state index in [0.717, 1.165) is 5.56 Å². The van der Waals surface area contributed by atoms with Gasteiger partial charge >= 0.3 is 18.0 Å². The number of carbonyl (C=O) groups is 6. The number of amides is 4. The summed E-state index contributed by atoms with van der Waals surface area (Å²) >= 11 is 0. The predicted molar refractivity (Wildman–Crippen MR) is 208 cm³/mol. The van der Waals surface area contributed by atoms with Crippen molar-refractivity contribution in [3.05, 3.63) is 47.5 Å². The fraction of sp³-hybridized carbons (Fsp3) is 0.659. The van der Waals surface area contributed by atoms with Crippen LogP contribution in [0.3, 0.4) is 0 Å². The van der Waals surface area contributed by atoms with Gasteiger partial charge in [0.2, 0.25) is 17.7 Å². The van der Waals surface area contributed by atoms with E-state index in [4.69, 9.17) is 9.47 Å². The van der Waals surface area contributed by atoms with Gasteiger partial charge in [-0.25, -0.2) is 9.59 Å². The van der Waals surface area contributed by atoms with Gasteiger partial charge in [0, 0.05) is 31.5 Å². The van der Waals surface area contributed by atoms with Gasteiger partial charge in [-0.2, -0.15) is 0 Å². The number of hydrogen-bond donors (Lipinski definition) is 3. The zero-order valence-corrected chi connectivity index (χ0v) is 35.4. The van der Waals surface area contributed by atoms with Crippen LogP contribution in [0.25, 0.3) is 0 Å². The molecule has 0 saturated heterocycles. The number of esters is 1. The van der Waals surface area contributed by atoms with Crippen LogP contribution in [0.4, 0.5) is 4.79 Å². The molecule has 3 N–H and O–H groups in total. The molecule has 0 radical (unpaired) electrons. The zero-order valence-electron chi connectivity index (χ0n) is 35.4. The standard InChI is InChI=1S/C41H66N4O9/c1-25(2)29(24-26(3)33(47)42-28(36(50)51)22-23-30(46)53-39(7,8)9)44(15)35(49)31(38(4,5)6)43-34(48)32(45(16)37(52)54-40(10,11)12)41(13,14)27-20-18-17-19-21-27/h17-21,24-25,28-29,31-32H,22-23H2,1-16H3,(H,42,47)(H,43,48)(H,50,51)/b26-24+/t28-,29+,31+,32+/m0/s1. The molecule has 0 unspecified atom stereocenters. The average Bonchev–Trinajstić information content (AvgIpc) is 3.01. The second-order valence-corrected chi connectivity index (χ2v) is 17.9. The maximum Gasteiger partial charge on any atom is 0.410 e. The molecule has 1 aromatic carbocycles. The Morgan fingerprint density at radius 2 is 1.31 bits per heavy atom. The van der Waals surface area contributed by atoms with Gasteiger partial charge < -0.3 is 30.1 Å². The number of ether oxygens (including phenoxy) is 2. The Labute approximate surface area is 322 Å². The number of carboxylic acid groups (broad SMARTS) is 1. The first-order valence-electron chi connectivity index (χ1n) is 18.4. The third-order valence-corrected chi connectivity index (χ3v) is 8.84.